The molecular formula is C16H24IN3OSi. The molecule has 0 bridgehead atoms. The first-order chi connectivity index (χ1) is 10.2. The highest BCUT2D eigenvalue weighted by molar-refractivity contribution is 14.1. The summed E-state index contributed by atoms with van der Waals surface area (Å²) in [5.74, 6) is 0. The Labute approximate surface area is 147 Å². The molecule has 1 heterocycles. The number of benzene rings is 1. The highest BCUT2D eigenvalue weighted by atomic mass is 127. The Bertz CT molecular complexity index is 620. The molecular weight excluding hydrogens is 405 g/mol. The van der Waals surface area contributed by atoms with Crippen molar-refractivity contribution in [3.63, 3.8) is 0 Å². The van der Waals surface area contributed by atoms with Crippen LogP contribution in [0, 0.1) is 3.70 Å². The first kappa shape index (κ1) is 17.6. The predicted octanol–water partition coefficient (Wildman–Crippen LogP) is 4.45. The molecule has 0 aliphatic rings. The van der Waals surface area contributed by atoms with Gasteiger partial charge in [-0.15, -0.1) is 5.10 Å². The third-order valence-electron chi connectivity index (χ3n) is 4.29. The van der Waals surface area contributed by atoms with Crippen LogP contribution in [-0.4, -0.2) is 23.3 Å². The Morgan fingerprint density at radius 2 is 1.82 bits per heavy atom. The van der Waals surface area contributed by atoms with Gasteiger partial charge in [-0.2, -0.15) is 0 Å². The second-order valence-electron chi connectivity index (χ2n) is 7.02. The van der Waals surface area contributed by atoms with Crippen LogP contribution >= 0.6 is 22.6 Å². The van der Waals surface area contributed by atoms with Gasteiger partial charge in [0.25, 0.3) is 0 Å². The second kappa shape index (κ2) is 6.80. The van der Waals surface area contributed by atoms with Gasteiger partial charge in [0.2, 0.25) is 0 Å². The van der Waals surface area contributed by atoms with Crippen LogP contribution in [0.1, 0.15) is 32.0 Å². The molecule has 2 rings (SSSR count). The van der Waals surface area contributed by atoms with E-state index in [2.05, 4.69) is 78.9 Å². The van der Waals surface area contributed by atoms with Crippen molar-refractivity contribution < 1.29 is 4.43 Å². The smallest absolute Gasteiger partial charge is 0.192 e. The second-order valence-corrected chi connectivity index (χ2v) is 12.9. The van der Waals surface area contributed by atoms with Crippen molar-refractivity contribution in [2.24, 2.45) is 0 Å². The van der Waals surface area contributed by atoms with Crippen LogP contribution in [0.3, 0.4) is 0 Å². The van der Waals surface area contributed by atoms with Crippen molar-refractivity contribution in [3.8, 4) is 0 Å². The molecule has 0 unspecified atom stereocenters. The summed E-state index contributed by atoms with van der Waals surface area (Å²) in [6, 6.07) is 10.3. The number of hydrogen-bond donors (Lipinski definition) is 0. The highest BCUT2D eigenvalue weighted by Gasteiger charge is 2.37. The zero-order chi connectivity index (χ0) is 16.4. The van der Waals surface area contributed by atoms with E-state index >= 15 is 0 Å². The predicted molar refractivity (Wildman–Crippen MR) is 100 cm³/mol. The fourth-order valence-corrected chi connectivity index (χ4v) is 3.21. The van der Waals surface area contributed by atoms with E-state index in [1.54, 1.807) is 0 Å². The van der Waals surface area contributed by atoms with Gasteiger partial charge in [0.15, 0.2) is 8.32 Å². The van der Waals surface area contributed by atoms with E-state index in [4.69, 9.17) is 4.43 Å². The summed E-state index contributed by atoms with van der Waals surface area (Å²) < 4.78 is 9.23. The van der Waals surface area contributed by atoms with Gasteiger partial charge in [-0.1, -0.05) is 56.3 Å². The Kier molecular flexibility index (Phi) is 5.44. The summed E-state index contributed by atoms with van der Waals surface area (Å²) in [6.07, 6.45) is 0. The van der Waals surface area contributed by atoms with Crippen LogP contribution in [0.2, 0.25) is 18.1 Å². The minimum Gasteiger partial charge on any atom is -0.411 e. The lowest BCUT2D eigenvalue weighted by Crippen LogP contribution is -2.40. The fourth-order valence-electron chi connectivity index (χ4n) is 1.75. The molecule has 0 N–H and O–H groups in total. The van der Waals surface area contributed by atoms with Crippen LogP contribution < -0.4 is 0 Å². The first-order valence-corrected chi connectivity index (χ1v) is 11.5. The maximum Gasteiger partial charge on any atom is 0.192 e. The normalized spacial score (nSPS) is 12.6. The molecule has 1 aromatic heterocycles. The summed E-state index contributed by atoms with van der Waals surface area (Å²) in [5.41, 5.74) is 2.16. The van der Waals surface area contributed by atoms with Crippen molar-refractivity contribution in [1.29, 1.82) is 0 Å². The molecule has 0 fully saturated rings. The Morgan fingerprint density at radius 3 is 2.41 bits per heavy atom. The minimum atomic E-state index is -1.76. The fraction of sp³-hybridized carbons (Fsp3) is 0.500. The summed E-state index contributed by atoms with van der Waals surface area (Å²) >= 11 is 2.31. The van der Waals surface area contributed by atoms with E-state index in [-0.39, 0.29) is 5.04 Å². The molecule has 0 atom stereocenters. The lowest BCUT2D eigenvalue weighted by atomic mass is 10.2. The molecule has 0 spiro atoms. The summed E-state index contributed by atoms with van der Waals surface area (Å²) in [6.45, 7) is 12.5. The van der Waals surface area contributed by atoms with Gasteiger partial charge in [-0.25, -0.2) is 4.68 Å². The molecule has 0 saturated carbocycles. The summed E-state index contributed by atoms with van der Waals surface area (Å²) in [4.78, 5) is 0. The zero-order valence-electron chi connectivity index (χ0n) is 13.9. The van der Waals surface area contributed by atoms with Crippen LogP contribution in [-0.2, 0) is 17.6 Å². The SMILES string of the molecule is CC(C)(C)[Si](C)(C)OCc1nnn(Cc2ccccc2)c1I. The van der Waals surface area contributed by atoms with Crippen molar-refractivity contribution in [2.75, 3.05) is 0 Å². The Balaban J connectivity index is 2.06. The Morgan fingerprint density at radius 1 is 1.18 bits per heavy atom. The standard InChI is InChI=1S/C16H24IN3OSi/c1-16(2,3)22(4,5)21-12-14-15(17)20(19-18-14)11-13-9-7-6-8-10-13/h6-10H,11-12H2,1-5H3. The molecule has 0 aliphatic carbocycles. The van der Waals surface area contributed by atoms with Crippen LogP contribution in [0.25, 0.3) is 0 Å². The van der Waals surface area contributed by atoms with Crippen LogP contribution in [0.5, 0.6) is 0 Å². The van der Waals surface area contributed by atoms with Gasteiger partial charge < -0.3 is 4.43 Å². The maximum atomic E-state index is 6.24. The van der Waals surface area contributed by atoms with E-state index in [0.717, 1.165) is 15.9 Å². The number of nitrogens with zero attached hydrogens (tertiary/aromatic N) is 3. The zero-order valence-corrected chi connectivity index (χ0v) is 17.1. The number of hydrogen-bond acceptors (Lipinski definition) is 3. The third kappa shape index (κ3) is 4.17. The maximum absolute atomic E-state index is 6.24. The summed E-state index contributed by atoms with van der Waals surface area (Å²) in [7, 11) is -1.76. The molecule has 4 nitrogen and oxygen atoms in total. The topological polar surface area (TPSA) is 39.9 Å². The average Bonchev–Trinajstić information content (AvgIpc) is 2.78. The van der Waals surface area contributed by atoms with E-state index in [1.807, 2.05) is 22.9 Å². The number of halogens is 1. The molecule has 120 valence electrons. The lowest BCUT2D eigenvalue weighted by Gasteiger charge is -2.35. The van der Waals surface area contributed by atoms with Gasteiger partial charge in [-0.05, 0) is 46.3 Å². The molecule has 0 amide bonds. The minimum absolute atomic E-state index is 0.207. The molecule has 0 radical (unpaired) electrons. The Hall–Kier alpha value is -0.733. The van der Waals surface area contributed by atoms with E-state index < -0.39 is 8.32 Å². The number of rotatable bonds is 5. The van der Waals surface area contributed by atoms with E-state index in [1.165, 1.54) is 5.56 Å². The summed E-state index contributed by atoms with van der Waals surface area (Å²) in [5, 5.41) is 8.77. The van der Waals surface area contributed by atoms with Crippen molar-refractivity contribution >= 4 is 30.9 Å². The monoisotopic (exact) mass is 429 g/mol. The van der Waals surface area contributed by atoms with Gasteiger partial charge in [0.1, 0.15) is 9.39 Å². The average molecular weight is 429 g/mol. The van der Waals surface area contributed by atoms with Crippen molar-refractivity contribution in [1.82, 2.24) is 15.0 Å². The van der Waals surface area contributed by atoms with Crippen LogP contribution in [0.15, 0.2) is 30.3 Å². The van der Waals surface area contributed by atoms with Crippen molar-refractivity contribution in [3.05, 3.63) is 45.3 Å². The largest absolute Gasteiger partial charge is 0.411 e. The van der Waals surface area contributed by atoms with Gasteiger partial charge in [0, 0.05) is 0 Å². The molecule has 0 aliphatic heterocycles. The molecule has 1 aromatic carbocycles. The molecule has 6 heteroatoms. The first-order valence-electron chi connectivity index (χ1n) is 7.46. The third-order valence-corrected chi connectivity index (χ3v) is 9.95. The van der Waals surface area contributed by atoms with Crippen LogP contribution in [0.4, 0.5) is 0 Å². The molecule has 0 saturated heterocycles. The number of aromatic nitrogens is 3. The quantitative estimate of drug-likeness (QED) is 0.521. The highest BCUT2D eigenvalue weighted by Crippen LogP contribution is 2.37. The van der Waals surface area contributed by atoms with E-state index in [0.29, 0.717) is 6.61 Å². The van der Waals surface area contributed by atoms with Crippen molar-refractivity contribution in [2.45, 2.75) is 52.1 Å². The lowest BCUT2D eigenvalue weighted by molar-refractivity contribution is 0.271. The van der Waals surface area contributed by atoms with Gasteiger partial charge in [0.05, 0.1) is 13.2 Å². The van der Waals surface area contributed by atoms with Gasteiger partial charge in [-0.3, -0.25) is 0 Å². The van der Waals surface area contributed by atoms with E-state index in [9.17, 15) is 0 Å². The molecule has 2 aromatic rings. The molecule has 22 heavy (non-hydrogen) atoms. The van der Waals surface area contributed by atoms with Gasteiger partial charge >= 0.3 is 0 Å².